The summed E-state index contributed by atoms with van der Waals surface area (Å²) in [7, 11) is 0. The molecule has 168 valence electrons. The predicted molar refractivity (Wildman–Crippen MR) is 129 cm³/mol. The average molecular weight is 509 g/mol. The van der Waals surface area contributed by atoms with Gasteiger partial charge in [0.25, 0.3) is 0 Å². The van der Waals surface area contributed by atoms with Crippen LogP contribution in [0.5, 0.6) is 0 Å². The Morgan fingerprint density at radius 1 is 1.06 bits per heavy atom. The number of hydrogen-bond acceptors (Lipinski definition) is 3. The summed E-state index contributed by atoms with van der Waals surface area (Å²) in [6, 6.07) is 13.5. The fourth-order valence-electron chi connectivity index (χ4n) is 3.05. The van der Waals surface area contributed by atoms with Crippen molar-refractivity contribution >= 4 is 39.5 Å². The standard InChI is InChI=1S/C24H30BrFN2O2S/c1-4-22(24(30)27-13-17(2)3)28(14-18-7-11-21(26)12-8-18)23(29)16-31-15-19-5-9-20(25)10-6-19/h5-12,17,22H,4,13-16H2,1-3H3,(H,27,30)/t22-/m1/s1. The molecule has 0 aliphatic rings. The topological polar surface area (TPSA) is 49.4 Å². The number of hydrogen-bond donors (Lipinski definition) is 1. The molecule has 2 aromatic carbocycles. The van der Waals surface area contributed by atoms with E-state index < -0.39 is 6.04 Å². The summed E-state index contributed by atoms with van der Waals surface area (Å²) in [6.07, 6.45) is 0.508. The van der Waals surface area contributed by atoms with E-state index in [0.29, 0.717) is 24.6 Å². The van der Waals surface area contributed by atoms with E-state index in [-0.39, 0.29) is 29.9 Å². The normalized spacial score (nSPS) is 11.9. The van der Waals surface area contributed by atoms with Gasteiger partial charge in [0, 0.05) is 23.3 Å². The number of carbonyl (C=O) groups excluding carboxylic acids is 2. The molecule has 0 radical (unpaired) electrons. The van der Waals surface area contributed by atoms with E-state index in [4.69, 9.17) is 0 Å². The molecule has 1 N–H and O–H groups in total. The highest BCUT2D eigenvalue weighted by Gasteiger charge is 2.28. The second-order valence-electron chi connectivity index (χ2n) is 7.83. The lowest BCUT2D eigenvalue weighted by Crippen LogP contribution is -2.50. The quantitative estimate of drug-likeness (QED) is 0.441. The van der Waals surface area contributed by atoms with Crippen LogP contribution >= 0.6 is 27.7 Å². The van der Waals surface area contributed by atoms with Crippen LogP contribution in [0.2, 0.25) is 0 Å². The van der Waals surface area contributed by atoms with Crippen LogP contribution in [0.3, 0.4) is 0 Å². The van der Waals surface area contributed by atoms with E-state index in [9.17, 15) is 14.0 Å². The van der Waals surface area contributed by atoms with Gasteiger partial charge in [0.05, 0.1) is 5.75 Å². The van der Waals surface area contributed by atoms with Gasteiger partial charge >= 0.3 is 0 Å². The van der Waals surface area contributed by atoms with Crippen molar-refractivity contribution in [2.45, 2.75) is 45.5 Å². The predicted octanol–water partition coefficient (Wildman–Crippen LogP) is 5.40. The van der Waals surface area contributed by atoms with Crippen LogP contribution in [-0.4, -0.2) is 35.1 Å². The van der Waals surface area contributed by atoms with Gasteiger partial charge in [-0.1, -0.05) is 61.0 Å². The van der Waals surface area contributed by atoms with Crippen molar-refractivity contribution in [3.05, 3.63) is 69.9 Å². The number of halogens is 2. The molecule has 0 aliphatic heterocycles. The Hall–Kier alpha value is -1.86. The summed E-state index contributed by atoms with van der Waals surface area (Å²) in [5.74, 6) is 0.727. The fourth-order valence-corrected chi connectivity index (χ4v) is 4.18. The number of nitrogens with zero attached hydrogens (tertiary/aromatic N) is 1. The highest BCUT2D eigenvalue weighted by atomic mass is 79.9. The average Bonchev–Trinajstić information content (AvgIpc) is 2.74. The maximum Gasteiger partial charge on any atom is 0.242 e. The van der Waals surface area contributed by atoms with Gasteiger partial charge in [0.2, 0.25) is 11.8 Å². The van der Waals surface area contributed by atoms with Gasteiger partial charge in [-0.2, -0.15) is 0 Å². The third kappa shape index (κ3) is 8.65. The number of benzene rings is 2. The Balaban J connectivity index is 2.10. The SMILES string of the molecule is CC[C@H](C(=O)NCC(C)C)N(Cc1ccc(F)cc1)C(=O)CSCc1ccc(Br)cc1. The first-order valence-electron chi connectivity index (χ1n) is 10.4. The van der Waals surface area contributed by atoms with Gasteiger partial charge < -0.3 is 10.2 Å². The van der Waals surface area contributed by atoms with Gasteiger partial charge in [0.15, 0.2) is 0 Å². The first-order chi connectivity index (χ1) is 14.8. The Labute approximate surface area is 197 Å². The third-order valence-corrected chi connectivity index (χ3v) is 6.26. The van der Waals surface area contributed by atoms with Crippen LogP contribution < -0.4 is 5.32 Å². The molecule has 4 nitrogen and oxygen atoms in total. The number of rotatable bonds is 11. The van der Waals surface area contributed by atoms with Crippen molar-refractivity contribution in [2.75, 3.05) is 12.3 Å². The van der Waals surface area contributed by atoms with Crippen LogP contribution in [0.25, 0.3) is 0 Å². The Kier molecular flexibility index (Phi) is 10.5. The van der Waals surface area contributed by atoms with Gasteiger partial charge in [-0.05, 0) is 47.7 Å². The van der Waals surface area contributed by atoms with E-state index in [1.807, 2.05) is 45.0 Å². The van der Waals surface area contributed by atoms with Crippen LogP contribution in [-0.2, 0) is 21.9 Å². The lowest BCUT2D eigenvalue weighted by atomic mass is 10.1. The number of amides is 2. The van der Waals surface area contributed by atoms with Crippen molar-refractivity contribution < 1.29 is 14.0 Å². The maximum atomic E-state index is 13.3. The van der Waals surface area contributed by atoms with E-state index in [2.05, 4.69) is 21.2 Å². The van der Waals surface area contributed by atoms with Crippen LogP contribution in [0, 0.1) is 11.7 Å². The molecule has 2 aromatic rings. The largest absolute Gasteiger partial charge is 0.354 e. The zero-order chi connectivity index (χ0) is 22.8. The molecule has 0 saturated carbocycles. The maximum absolute atomic E-state index is 13.3. The van der Waals surface area contributed by atoms with E-state index in [1.165, 1.54) is 23.9 Å². The van der Waals surface area contributed by atoms with E-state index in [0.717, 1.165) is 15.6 Å². The molecule has 0 aromatic heterocycles. The smallest absolute Gasteiger partial charge is 0.242 e. The summed E-state index contributed by atoms with van der Waals surface area (Å²) in [5.41, 5.74) is 1.93. The molecule has 31 heavy (non-hydrogen) atoms. The highest BCUT2D eigenvalue weighted by molar-refractivity contribution is 9.10. The summed E-state index contributed by atoms with van der Waals surface area (Å²) < 4.78 is 14.3. The third-order valence-electron chi connectivity index (χ3n) is 4.74. The number of thioether (sulfide) groups is 1. The van der Waals surface area contributed by atoms with Gasteiger partial charge in [-0.25, -0.2) is 4.39 Å². The van der Waals surface area contributed by atoms with Crippen molar-refractivity contribution in [1.82, 2.24) is 10.2 Å². The minimum absolute atomic E-state index is 0.0991. The Bertz CT molecular complexity index is 844. The second kappa shape index (κ2) is 12.9. The van der Waals surface area contributed by atoms with E-state index >= 15 is 0 Å². The van der Waals surface area contributed by atoms with E-state index in [1.54, 1.807) is 17.0 Å². The molecular formula is C24H30BrFN2O2S. The van der Waals surface area contributed by atoms with Crippen molar-refractivity contribution in [3.8, 4) is 0 Å². The highest BCUT2D eigenvalue weighted by Crippen LogP contribution is 2.19. The zero-order valence-electron chi connectivity index (χ0n) is 18.2. The molecule has 0 bridgehead atoms. The Morgan fingerprint density at radius 2 is 1.68 bits per heavy atom. The molecule has 0 spiro atoms. The minimum atomic E-state index is -0.565. The summed E-state index contributed by atoms with van der Waals surface area (Å²) >= 11 is 4.94. The van der Waals surface area contributed by atoms with Crippen molar-refractivity contribution in [1.29, 1.82) is 0 Å². The van der Waals surface area contributed by atoms with Gasteiger partial charge in [0.1, 0.15) is 11.9 Å². The lowest BCUT2D eigenvalue weighted by Gasteiger charge is -2.31. The van der Waals surface area contributed by atoms with Gasteiger partial charge in [-0.3, -0.25) is 9.59 Å². The summed E-state index contributed by atoms with van der Waals surface area (Å²) in [4.78, 5) is 27.6. The summed E-state index contributed by atoms with van der Waals surface area (Å²) in [6.45, 7) is 6.79. The van der Waals surface area contributed by atoms with Gasteiger partial charge in [-0.15, -0.1) is 11.8 Å². The molecule has 7 heteroatoms. The molecule has 0 unspecified atom stereocenters. The number of nitrogens with one attached hydrogen (secondary N) is 1. The summed E-state index contributed by atoms with van der Waals surface area (Å²) in [5, 5.41) is 2.95. The Morgan fingerprint density at radius 3 is 2.26 bits per heavy atom. The van der Waals surface area contributed by atoms with Crippen molar-refractivity contribution in [3.63, 3.8) is 0 Å². The number of carbonyl (C=O) groups is 2. The molecule has 0 aliphatic carbocycles. The zero-order valence-corrected chi connectivity index (χ0v) is 20.6. The van der Waals surface area contributed by atoms with Crippen molar-refractivity contribution in [2.24, 2.45) is 5.92 Å². The first kappa shape index (κ1) is 25.4. The van der Waals surface area contributed by atoms with Crippen LogP contribution in [0.15, 0.2) is 53.0 Å². The molecule has 2 amide bonds. The second-order valence-corrected chi connectivity index (χ2v) is 9.73. The van der Waals surface area contributed by atoms with Crippen LogP contribution in [0.4, 0.5) is 4.39 Å². The molecule has 0 fully saturated rings. The first-order valence-corrected chi connectivity index (χ1v) is 12.4. The molecule has 0 heterocycles. The monoisotopic (exact) mass is 508 g/mol. The fraction of sp³-hybridized carbons (Fsp3) is 0.417. The minimum Gasteiger partial charge on any atom is -0.354 e. The molecule has 0 saturated heterocycles. The molecule has 2 rings (SSSR count). The lowest BCUT2D eigenvalue weighted by molar-refractivity contribution is -0.139. The molecular weight excluding hydrogens is 479 g/mol. The molecule has 1 atom stereocenters. The van der Waals surface area contributed by atoms with Crippen LogP contribution in [0.1, 0.15) is 38.3 Å².